The van der Waals surface area contributed by atoms with Crippen molar-refractivity contribution in [3.8, 4) is 17.2 Å². The number of carbonyl (C=O) groups is 1. The van der Waals surface area contributed by atoms with Crippen molar-refractivity contribution < 1.29 is 23.4 Å². The second kappa shape index (κ2) is 7.68. The molecule has 1 atom stereocenters. The molecule has 1 amide bonds. The third-order valence-electron chi connectivity index (χ3n) is 4.80. The van der Waals surface area contributed by atoms with Gasteiger partial charge in [0.05, 0.1) is 7.11 Å². The maximum atomic E-state index is 13.9. The number of fused-ring (bicyclic) bond motifs is 1. The number of rotatable bonds is 3. The third-order valence-corrected chi connectivity index (χ3v) is 6.12. The van der Waals surface area contributed by atoms with Crippen molar-refractivity contribution in [2.75, 3.05) is 32.7 Å². The number of amides is 1. The van der Waals surface area contributed by atoms with Gasteiger partial charge in [-0.05, 0) is 42.3 Å². The normalized spacial score (nSPS) is 18.9. The van der Waals surface area contributed by atoms with Crippen LogP contribution in [0.2, 0.25) is 0 Å². The summed E-state index contributed by atoms with van der Waals surface area (Å²) in [5.74, 6) is 1.84. The Balaban J connectivity index is 1.45. The minimum Gasteiger partial charge on any atom is -0.494 e. The summed E-state index contributed by atoms with van der Waals surface area (Å²) in [5.41, 5.74) is 1.52. The Bertz CT molecular complexity index is 860. The highest BCUT2D eigenvalue weighted by molar-refractivity contribution is 7.99. The van der Waals surface area contributed by atoms with Crippen molar-refractivity contribution in [1.29, 1.82) is 0 Å². The molecule has 0 aliphatic carbocycles. The Hall–Kier alpha value is -2.41. The summed E-state index contributed by atoms with van der Waals surface area (Å²) in [4.78, 5) is 14.6. The first-order valence-electron chi connectivity index (χ1n) is 8.79. The van der Waals surface area contributed by atoms with Gasteiger partial charge in [0.25, 0.3) is 5.91 Å². The largest absolute Gasteiger partial charge is 0.494 e. The van der Waals surface area contributed by atoms with E-state index in [9.17, 15) is 9.18 Å². The van der Waals surface area contributed by atoms with E-state index in [1.165, 1.54) is 24.8 Å². The first-order chi connectivity index (χ1) is 13.2. The number of nitrogens with zero attached hydrogens (tertiary/aromatic N) is 1. The average molecular weight is 389 g/mol. The summed E-state index contributed by atoms with van der Waals surface area (Å²) in [6.45, 7) is 1.52. The molecule has 0 unspecified atom stereocenters. The highest BCUT2D eigenvalue weighted by Crippen LogP contribution is 2.40. The van der Waals surface area contributed by atoms with Gasteiger partial charge >= 0.3 is 0 Å². The van der Waals surface area contributed by atoms with Gasteiger partial charge in [0, 0.05) is 29.7 Å². The maximum Gasteiger partial charge on any atom is 0.253 e. The molecule has 2 heterocycles. The molecule has 0 saturated carbocycles. The molecule has 1 saturated heterocycles. The SMILES string of the molecule is COc1ccc(C(=O)N2CCS[C@H](c3ccc4c(c3)OCO4)CC2)cc1F. The van der Waals surface area contributed by atoms with Crippen LogP contribution >= 0.6 is 11.8 Å². The lowest BCUT2D eigenvalue weighted by Crippen LogP contribution is -2.33. The molecule has 0 aromatic heterocycles. The number of thioether (sulfide) groups is 1. The van der Waals surface area contributed by atoms with E-state index in [0.717, 1.165) is 23.7 Å². The topological polar surface area (TPSA) is 48.0 Å². The van der Waals surface area contributed by atoms with Crippen molar-refractivity contribution in [3.63, 3.8) is 0 Å². The van der Waals surface area contributed by atoms with Crippen LogP contribution in [0.3, 0.4) is 0 Å². The molecule has 5 nitrogen and oxygen atoms in total. The van der Waals surface area contributed by atoms with Crippen LogP contribution in [0.25, 0.3) is 0 Å². The molecule has 1 fully saturated rings. The van der Waals surface area contributed by atoms with Crippen LogP contribution in [0.15, 0.2) is 36.4 Å². The molecular weight excluding hydrogens is 369 g/mol. The third kappa shape index (κ3) is 3.69. The Morgan fingerprint density at radius 3 is 2.85 bits per heavy atom. The van der Waals surface area contributed by atoms with Crippen LogP contribution in [-0.2, 0) is 0 Å². The molecule has 0 spiro atoms. The first kappa shape index (κ1) is 18.0. The van der Waals surface area contributed by atoms with Gasteiger partial charge in [-0.25, -0.2) is 4.39 Å². The van der Waals surface area contributed by atoms with Gasteiger partial charge in [-0.1, -0.05) is 6.07 Å². The molecule has 0 N–H and O–H groups in total. The molecule has 7 heteroatoms. The molecule has 142 valence electrons. The molecule has 2 aliphatic rings. The smallest absolute Gasteiger partial charge is 0.253 e. The van der Waals surface area contributed by atoms with Crippen LogP contribution in [0.1, 0.15) is 27.6 Å². The van der Waals surface area contributed by atoms with Gasteiger partial charge in [-0.2, -0.15) is 11.8 Å². The van der Waals surface area contributed by atoms with Crippen LogP contribution in [-0.4, -0.2) is 43.6 Å². The van der Waals surface area contributed by atoms with Crippen molar-refractivity contribution >= 4 is 17.7 Å². The Morgan fingerprint density at radius 1 is 1.19 bits per heavy atom. The predicted molar refractivity (Wildman–Crippen MR) is 101 cm³/mol. The molecule has 2 aromatic carbocycles. The van der Waals surface area contributed by atoms with Crippen molar-refractivity contribution in [1.82, 2.24) is 4.90 Å². The van der Waals surface area contributed by atoms with Crippen molar-refractivity contribution in [3.05, 3.63) is 53.3 Å². The Labute approximate surface area is 161 Å². The highest BCUT2D eigenvalue weighted by Gasteiger charge is 2.25. The van der Waals surface area contributed by atoms with Gasteiger partial charge in [0.1, 0.15) is 0 Å². The van der Waals surface area contributed by atoms with Crippen LogP contribution in [0.4, 0.5) is 4.39 Å². The first-order valence-corrected chi connectivity index (χ1v) is 9.84. The number of methoxy groups -OCH3 is 1. The number of benzene rings is 2. The molecule has 4 rings (SSSR count). The zero-order valence-electron chi connectivity index (χ0n) is 14.9. The van der Waals surface area contributed by atoms with E-state index in [-0.39, 0.29) is 23.7 Å². The summed E-state index contributed by atoms with van der Waals surface area (Å²) >= 11 is 1.82. The second-order valence-corrected chi connectivity index (χ2v) is 7.71. The number of carbonyl (C=O) groups excluding carboxylic acids is 1. The quantitative estimate of drug-likeness (QED) is 0.797. The van der Waals surface area contributed by atoms with E-state index in [4.69, 9.17) is 14.2 Å². The average Bonchev–Trinajstić information content (AvgIpc) is 3.02. The molecule has 0 bridgehead atoms. The van der Waals surface area contributed by atoms with E-state index in [2.05, 4.69) is 6.07 Å². The predicted octanol–water partition coefficient (Wildman–Crippen LogP) is 3.88. The van der Waals surface area contributed by atoms with Gasteiger partial charge in [0.2, 0.25) is 6.79 Å². The number of hydrogen-bond donors (Lipinski definition) is 0. The lowest BCUT2D eigenvalue weighted by molar-refractivity contribution is 0.0766. The Morgan fingerprint density at radius 2 is 2.04 bits per heavy atom. The lowest BCUT2D eigenvalue weighted by Gasteiger charge is -2.20. The number of ether oxygens (including phenoxy) is 3. The monoisotopic (exact) mass is 389 g/mol. The van der Waals surface area contributed by atoms with Gasteiger partial charge in [-0.15, -0.1) is 0 Å². The molecule has 2 aromatic rings. The summed E-state index contributed by atoms with van der Waals surface area (Å²) in [6, 6.07) is 10.4. The minimum absolute atomic E-state index is 0.140. The van der Waals surface area contributed by atoms with E-state index in [1.807, 2.05) is 23.9 Å². The lowest BCUT2D eigenvalue weighted by atomic mass is 10.1. The molecule has 27 heavy (non-hydrogen) atoms. The number of hydrogen-bond acceptors (Lipinski definition) is 5. The fraction of sp³-hybridized carbons (Fsp3) is 0.350. The summed E-state index contributed by atoms with van der Waals surface area (Å²) in [7, 11) is 1.40. The zero-order valence-corrected chi connectivity index (χ0v) is 15.8. The standard InChI is InChI=1S/C20H20FNO4S/c1-24-16-4-3-14(10-15(16)21)20(23)22-7-6-19(27-9-8-22)13-2-5-17-18(11-13)26-12-25-17/h2-5,10-11,19H,6-9,12H2,1H3/t19-/m0/s1. The highest BCUT2D eigenvalue weighted by atomic mass is 32.2. The minimum atomic E-state index is -0.522. The fourth-order valence-electron chi connectivity index (χ4n) is 3.33. The summed E-state index contributed by atoms with van der Waals surface area (Å²) in [6.07, 6.45) is 0.828. The summed E-state index contributed by atoms with van der Waals surface area (Å²) in [5, 5.41) is 0.282. The molecular formula is C20H20FNO4S. The zero-order chi connectivity index (χ0) is 18.8. The van der Waals surface area contributed by atoms with Crippen molar-refractivity contribution in [2.45, 2.75) is 11.7 Å². The van der Waals surface area contributed by atoms with E-state index in [0.29, 0.717) is 18.7 Å². The van der Waals surface area contributed by atoms with Crippen molar-refractivity contribution in [2.24, 2.45) is 0 Å². The van der Waals surface area contributed by atoms with E-state index in [1.54, 1.807) is 11.0 Å². The fourth-order valence-corrected chi connectivity index (χ4v) is 4.56. The van der Waals surface area contributed by atoms with E-state index < -0.39 is 5.82 Å². The molecule has 2 aliphatic heterocycles. The second-order valence-electron chi connectivity index (χ2n) is 6.40. The van der Waals surface area contributed by atoms with Crippen LogP contribution < -0.4 is 14.2 Å². The summed E-state index contributed by atoms with van der Waals surface area (Å²) < 4.78 is 29.7. The number of halogens is 1. The van der Waals surface area contributed by atoms with Gasteiger partial charge in [-0.3, -0.25) is 4.79 Å². The van der Waals surface area contributed by atoms with Gasteiger partial charge in [0.15, 0.2) is 23.1 Å². The van der Waals surface area contributed by atoms with Crippen LogP contribution in [0, 0.1) is 5.82 Å². The molecule has 0 radical (unpaired) electrons. The van der Waals surface area contributed by atoms with Gasteiger partial charge < -0.3 is 19.1 Å². The van der Waals surface area contributed by atoms with E-state index >= 15 is 0 Å². The maximum absolute atomic E-state index is 13.9. The van der Waals surface area contributed by atoms with Crippen LogP contribution in [0.5, 0.6) is 17.2 Å². The Kier molecular flexibility index (Phi) is 5.11.